The molecule has 2 rings (SSSR count). The minimum absolute atomic E-state index is 0.156. The number of alkyl halides is 3. The largest absolute Gasteiger partial charge is 0.573 e. The van der Waals surface area contributed by atoms with E-state index in [1.807, 2.05) is 0 Å². The van der Waals surface area contributed by atoms with E-state index in [1.54, 1.807) is 12.1 Å². The minimum atomic E-state index is -4.67. The summed E-state index contributed by atoms with van der Waals surface area (Å²) in [7, 11) is -2.94. The van der Waals surface area contributed by atoms with Gasteiger partial charge in [-0.1, -0.05) is 12.1 Å². The summed E-state index contributed by atoms with van der Waals surface area (Å²) in [6.45, 7) is 2.17. The lowest BCUT2D eigenvalue weighted by molar-refractivity contribution is -0.274. The van der Waals surface area contributed by atoms with E-state index >= 15 is 0 Å². The van der Waals surface area contributed by atoms with E-state index in [0.717, 1.165) is 25.1 Å². The second-order valence-corrected chi connectivity index (χ2v) is 7.91. The lowest BCUT2D eigenvalue weighted by Gasteiger charge is -2.39. The second-order valence-electron chi connectivity index (χ2n) is 5.65. The molecule has 4 nitrogen and oxygen atoms in total. The molecule has 0 spiro atoms. The molecule has 0 atom stereocenters. The number of ether oxygens (including phenoxy) is 1. The first-order chi connectivity index (χ1) is 10.1. The van der Waals surface area contributed by atoms with Crippen molar-refractivity contribution >= 4 is 9.84 Å². The van der Waals surface area contributed by atoms with E-state index in [2.05, 4.69) is 9.64 Å². The van der Waals surface area contributed by atoms with Crippen LogP contribution in [0.3, 0.4) is 0 Å². The van der Waals surface area contributed by atoms with Crippen molar-refractivity contribution in [3.8, 4) is 5.75 Å². The molecule has 0 unspecified atom stereocenters. The van der Waals surface area contributed by atoms with Gasteiger partial charge in [-0.3, -0.25) is 0 Å². The van der Waals surface area contributed by atoms with Crippen LogP contribution in [0.5, 0.6) is 5.75 Å². The summed E-state index contributed by atoms with van der Waals surface area (Å²) in [5, 5.41) is 0. The highest BCUT2D eigenvalue weighted by Gasteiger charge is 2.31. The van der Waals surface area contributed by atoms with Crippen LogP contribution in [-0.2, 0) is 16.3 Å². The van der Waals surface area contributed by atoms with Crippen LogP contribution in [0, 0.1) is 5.92 Å². The van der Waals surface area contributed by atoms with E-state index in [1.165, 1.54) is 18.4 Å². The van der Waals surface area contributed by atoms with E-state index in [0.29, 0.717) is 12.5 Å². The fraction of sp³-hybridized carbons (Fsp3) is 0.571. The quantitative estimate of drug-likeness (QED) is 0.798. The Morgan fingerprint density at radius 3 is 2.32 bits per heavy atom. The van der Waals surface area contributed by atoms with Gasteiger partial charge in [0.2, 0.25) is 0 Å². The minimum Gasteiger partial charge on any atom is -0.406 e. The molecule has 8 heteroatoms. The Morgan fingerprint density at radius 2 is 1.82 bits per heavy atom. The average molecular weight is 337 g/mol. The van der Waals surface area contributed by atoms with Gasteiger partial charge in [0.25, 0.3) is 0 Å². The third-order valence-electron chi connectivity index (χ3n) is 3.49. The summed E-state index contributed by atoms with van der Waals surface area (Å²) >= 11 is 0. The topological polar surface area (TPSA) is 46.6 Å². The van der Waals surface area contributed by atoms with Gasteiger partial charge in [0.05, 0.1) is 5.75 Å². The van der Waals surface area contributed by atoms with Gasteiger partial charge in [0.1, 0.15) is 15.6 Å². The molecule has 0 aliphatic carbocycles. The zero-order valence-electron chi connectivity index (χ0n) is 12.1. The molecule has 0 aromatic heterocycles. The molecule has 1 fully saturated rings. The van der Waals surface area contributed by atoms with Gasteiger partial charge < -0.3 is 9.64 Å². The maximum atomic E-state index is 12.0. The van der Waals surface area contributed by atoms with Gasteiger partial charge in [-0.15, -0.1) is 13.2 Å². The average Bonchev–Trinajstić information content (AvgIpc) is 2.31. The first-order valence-electron chi connectivity index (χ1n) is 6.85. The lowest BCUT2D eigenvalue weighted by Crippen LogP contribution is -2.49. The summed E-state index contributed by atoms with van der Waals surface area (Å²) < 4.78 is 62.1. The predicted octanol–water partition coefficient (Wildman–Crippen LogP) is 2.10. The van der Waals surface area contributed by atoms with E-state index in [4.69, 9.17) is 0 Å². The molecule has 1 aromatic rings. The van der Waals surface area contributed by atoms with Crippen LogP contribution < -0.4 is 4.74 Å². The first kappa shape index (κ1) is 17.1. The van der Waals surface area contributed by atoms with Crippen LogP contribution in [0.1, 0.15) is 5.56 Å². The van der Waals surface area contributed by atoms with E-state index < -0.39 is 16.2 Å². The van der Waals surface area contributed by atoms with Crippen molar-refractivity contribution in [2.24, 2.45) is 5.92 Å². The highest BCUT2D eigenvalue weighted by Crippen LogP contribution is 2.25. The molecular formula is C14H18F3NO3S. The Balaban J connectivity index is 1.75. The van der Waals surface area contributed by atoms with Crippen molar-refractivity contribution in [3.05, 3.63) is 29.8 Å². The number of halogens is 3. The Hall–Kier alpha value is -1.28. The number of hydrogen-bond donors (Lipinski definition) is 0. The number of likely N-dealkylation sites (tertiary alicyclic amines) is 1. The van der Waals surface area contributed by atoms with Crippen LogP contribution in [-0.4, -0.2) is 51.3 Å². The Bertz CT molecular complexity index is 593. The molecule has 124 valence electrons. The molecule has 1 aromatic carbocycles. The van der Waals surface area contributed by atoms with Gasteiger partial charge >= 0.3 is 6.36 Å². The van der Waals surface area contributed by atoms with Gasteiger partial charge in [-0.25, -0.2) is 8.42 Å². The van der Waals surface area contributed by atoms with E-state index in [9.17, 15) is 21.6 Å². The van der Waals surface area contributed by atoms with Gasteiger partial charge in [0.15, 0.2) is 0 Å². The van der Waals surface area contributed by atoms with Crippen molar-refractivity contribution in [2.75, 3.05) is 31.6 Å². The maximum Gasteiger partial charge on any atom is 0.573 e. The zero-order valence-corrected chi connectivity index (χ0v) is 13.0. The fourth-order valence-electron chi connectivity index (χ4n) is 2.44. The molecule has 1 aliphatic heterocycles. The van der Waals surface area contributed by atoms with Crippen molar-refractivity contribution < 1.29 is 26.3 Å². The number of rotatable bonds is 6. The smallest absolute Gasteiger partial charge is 0.406 e. The lowest BCUT2D eigenvalue weighted by atomic mass is 9.92. The van der Waals surface area contributed by atoms with Crippen LogP contribution >= 0.6 is 0 Å². The number of sulfone groups is 1. The van der Waals surface area contributed by atoms with Gasteiger partial charge in [-0.05, 0) is 30.0 Å². The van der Waals surface area contributed by atoms with Crippen LogP contribution in [0.15, 0.2) is 24.3 Å². The number of nitrogens with zero attached hydrogens (tertiary/aromatic N) is 1. The SMILES string of the molecule is CS(=O)(=O)CCN1CC(Cc2ccc(OC(F)(F)F)cc2)C1. The molecule has 0 radical (unpaired) electrons. The molecule has 0 amide bonds. The number of hydrogen-bond acceptors (Lipinski definition) is 4. The normalized spacial score (nSPS) is 17.3. The van der Waals surface area contributed by atoms with Crippen molar-refractivity contribution in [3.63, 3.8) is 0 Å². The van der Waals surface area contributed by atoms with E-state index in [-0.39, 0.29) is 11.5 Å². The fourth-order valence-corrected chi connectivity index (χ4v) is 3.03. The molecule has 1 heterocycles. The molecule has 0 bridgehead atoms. The monoisotopic (exact) mass is 337 g/mol. The summed E-state index contributed by atoms with van der Waals surface area (Å²) in [6.07, 6.45) is -2.69. The van der Waals surface area contributed by atoms with Crippen LogP contribution in [0.4, 0.5) is 13.2 Å². The van der Waals surface area contributed by atoms with Crippen molar-refractivity contribution in [2.45, 2.75) is 12.8 Å². The third-order valence-corrected chi connectivity index (χ3v) is 4.42. The first-order valence-corrected chi connectivity index (χ1v) is 8.91. The summed E-state index contributed by atoms with van der Waals surface area (Å²) in [6, 6.07) is 5.87. The maximum absolute atomic E-state index is 12.0. The van der Waals surface area contributed by atoms with Gasteiger partial charge in [-0.2, -0.15) is 0 Å². The molecular weight excluding hydrogens is 319 g/mol. The summed E-state index contributed by atoms with van der Waals surface area (Å²) in [5.41, 5.74) is 0.947. The third kappa shape index (κ3) is 5.84. The summed E-state index contributed by atoms with van der Waals surface area (Å²) in [4.78, 5) is 2.06. The molecule has 0 N–H and O–H groups in total. The van der Waals surface area contributed by atoms with Crippen LogP contribution in [0.25, 0.3) is 0 Å². The highest BCUT2D eigenvalue weighted by molar-refractivity contribution is 7.90. The molecule has 22 heavy (non-hydrogen) atoms. The predicted molar refractivity (Wildman–Crippen MR) is 76.5 cm³/mol. The standard InChI is InChI=1S/C14H18F3NO3S/c1-22(19,20)7-6-18-9-12(10-18)8-11-2-4-13(5-3-11)21-14(15,16)17/h2-5,12H,6-10H2,1H3. The second kappa shape index (κ2) is 6.45. The van der Waals surface area contributed by atoms with Crippen LogP contribution in [0.2, 0.25) is 0 Å². The number of benzene rings is 1. The van der Waals surface area contributed by atoms with Gasteiger partial charge in [0, 0.05) is 25.9 Å². The Labute approximate surface area is 127 Å². The molecule has 0 saturated carbocycles. The Morgan fingerprint density at radius 1 is 1.23 bits per heavy atom. The summed E-state index contributed by atoms with van der Waals surface area (Å²) in [5.74, 6) is 0.344. The molecule has 1 saturated heterocycles. The Kier molecular flexibility index (Phi) is 5.01. The van der Waals surface area contributed by atoms with Crippen molar-refractivity contribution in [1.29, 1.82) is 0 Å². The zero-order chi connectivity index (χ0) is 16.4. The van der Waals surface area contributed by atoms with Crippen molar-refractivity contribution in [1.82, 2.24) is 4.90 Å². The highest BCUT2D eigenvalue weighted by atomic mass is 32.2. The molecule has 1 aliphatic rings.